The van der Waals surface area contributed by atoms with Gasteiger partial charge >= 0.3 is 0 Å². The fraction of sp³-hybridized carbons (Fsp3) is 0.278. The molecule has 0 aromatic heterocycles. The van der Waals surface area contributed by atoms with E-state index in [0.29, 0.717) is 23.5 Å². The Morgan fingerprint density at radius 2 is 1.95 bits per heavy atom. The van der Waals surface area contributed by atoms with E-state index in [-0.39, 0.29) is 11.9 Å². The lowest BCUT2D eigenvalue weighted by molar-refractivity contribution is 0.0849. The van der Waals surface area contributed by atoms with Crippen LogP contribution in [-0.2, 0) is 6.42 Å². The molecule has 2 aromatic carbocycles. The van der Waals surface area contributed by atoms with Crippen LogP contribution in [-0.4, -0.2) is 12.9 Å². The molecule has 3 heteroatoms. The smallest absolute Gasteiger partial charge is 0.170 e. The number of aryl methyl sites for hydroxylation is 1. The summed E-state index contributed by atoms with van der Waals surface area (Å²) in [4.78, 5) is 12.3. The lowest BCUT2D eigenvalue weighted by Gasteiger charge is -2.26. The van der Waals surface area contributed by atoms with Crippen molar-refractivity contribution in [3.63, 3.8) is 0 Å². The van der Waals surface area contributed by atoms with Gasteiger partial charge in [-0.3, -0.25) is 4.79 Å². The van der Waals surface area contributed by atoms with Gasteiger partial charge in [-0.15, -0.1) is 0 Å². The van der Waals surface area contributed by atoms with Crippen LogP contribution in [0.3, 0.4) is 0 Å². The van der Waals surface area contributed by atoms with Gasteiger partial charge in [0.05, 0.1) is 19.1 Å². The maximum absolute atomic E-state index is 12.3. The minimum Gasteiger partial charge on any atom is -0.497 e. The fourth-order valence-corrected chi connectivity index (χ4v) is 2.58. The van der Waals surface area contributed by atoms with E-state index in [4.69, 9.17) is 9.47 Å². The Hall–Kier alpha value is -2.29. The summed E-state index contributed by atoms with van der Waals surface area (Å²) >= 11 is 0. The second kappa shape index (κ2) is 5.60. The van der Waals surface area contributed by atoms with E-state index in [9.17, 15) is 4.79 Å². The molecule has 1 unspecified atom stereocenters. The van der Waals surface area contributed by atoms with Gasteiger partial charge in [-0.25, -0.2) is 0 Å². The number of carbonyl (C=O) groups excluding carboxylic acids is 1. The zero-order valence-electron chi connectivity index (χ0n) is 12.3. The first kappa shape index (κ1) is 13.7. The summed E-state index contributed by atoms with van der Waals surface area (Å²) in [6.45, 7) is 2.12. The van der Waals surface area contributed by atoms with Crippen molar-refractivity contribution >= 4 is 5.78 Å². The standard InChI is InChI=1S/C18H18O3/c1-3-12-4-6-13(7-5-12)17-11-16(19)15-9-8-14(20-2)10-18(15)21-17/h4-10,17H,3,11H2,1-2H3. The highest BCUT2D eigenvalue weighted by atomic mass is 16.5. The van der Waals surface area contributed by atoms with Crippen molar-refractivity contribution in [2.24, 2.45) is 0 Å². The summed E-state index contributed by atoms with van der Waals surface area (Å²) in [7, 11) is 1.60. The number of ketones is 1. The second-order valence-electron chi connectivity index (χ2n) is 5.19. The fourth-order valence-electron chi connectivity index (χ4n) is 2.58. The van der Waals surface area contributed by atoms with Crippen molar-refractivity contribution in [2.75, 3.05) is 7.11 Å². The summed E-state index contributed by atoms with van der Waals surface area (Å²) < 4.78 is 11.2. The Morgan fingerprint density at radius 1 is 1.19 bits per heavy atom. The van der Waals surface area contributed by atoms with E-state index in [1.807, 2.05) is 12.1 Å². The lowest BCUT2D eigenvalue weighted by Crippen LogP contribution is -2.20. The first-order valence-electron chi connectivity index (χ1n) is 7.18. The summed E-state index contributed by atoms with van der Waals surface area (Å²) in [6.07, 6.45) is 1.17. The van der Waals surface area contributed by atoms with Crippen LogP contribution in [0.15, 0.2) is 42.5 Å². The summed E-state index contributed by atoms with van der Waals surface area (Å²) in [5.41, 5.74) is 2.95. The van der Waals surface area contributed by atoms with E-state index in [2.05, 4.69) is 19.1 Å². The van der Waals surface area contributed by atoms with E-state index in [0.717, 1.165) is 12.0 Å². The molecule has 3 nitrogen and oxygen atoms in total. The monoisotopic (exact) mass is 282 g/mol. The highest BCUT2D eigenvalue weighted by molar-refractivity contribution is 6.00. The first-order chi connectivity index (χ1) is 10.2. The number of methoxy groups -OCH3 is 1. The van der Waals surface area contributed by atoms with Gasteiger partial charge < -0.3 is 9.47 Å². The zero-order chi connectivity index (χ0) is 14.8. The predicted octanol–water partition coefficient (Wildman–Crippen LogP) is 3.96. The average molecular weight is 282 g/mol. The molecule has 1 atom stereocenters. The third kappa shape index (κ3) is 2.64. The molecule has 21 heavy (non-hydrogen) atoms. The molecule has 3 rings (SSSR count). The third-order valence-electron chi connectivity index (χ3n) is 3.89. The van der Waals surface area contributed by atoms with Crippen LogP contribution in [0, 0.1) is 0 Å². The van der Waals surface area contributed by atoms with Crippen molar-refractivity contribution in [3.8, 4) is 11.5 Å². The summed E-state index contributed by atoms with van der Waals surface area (Å²) in [5, 5.41) is 0. The van der Waals surface area contributed by atoms with Crippen molar-refractivity contribution in [3.05, 3.63) is 59.2 Å². The molecule has 0 bridgehead atoms. The largest absolute Gasteiger partial charge is 0.497 e. The van der Waals surface area contributed by atoms with Crippen molar-refractivity contribution in [2.45, 2.75) is 25.9 Å². The van der Waals surface area contributed by atoms with Gasteiger partial charge in [-0.2, -0.15) is 0 Å². The highest BCUT2D eigenvalue weighted by Gasteiger charge is 2.27. The second-order valence-corrected chi connectivity index (χ2v) is 5.19. The van der Waals surface area contributed by atoms with Crippen LogP contribution in [0.4, 0.5) is 0 Å². The molecule has 0 fully saturated rings. The molecule has 108 valence electrons. The molecule has 0 aliphatic carbocycles. The van der Waals surface area contributed by atoms with Crippen LogP contribution in [0.1, 0.15) is 40.9 Å². The van der Waals surface area contributed by atoms with Gasteiger partial charge in [0, 0.05) is 6.07 Å². The summed E-state index contributed by atoms with van der Waals surface area (Å²) in [6, 6.07) is 13.6. The van der Waals surface area contributed by atoms with E-state index < -0.39 is 0 Å². The minimum atomic E-state index is -0.219. The molecular formula is C18H18O3. The van der Waals surface area contributed by atoms with Crippen LogP contribution in [0.25, 0.3) is 0 Å². The number of hydrogen-bond donors (Lipinski definition) is 0. The van der Waals surface area contributed by atoms with E-state index in [1.54, 1.807) is 25.3 Å². The molecule has 0 amide bonds. The third-order valence-corrected chi connectivity index (χ3v) is 3.89. The Labute approximate surface area is 124 Å². The maximum Gasteiger partial charge on any atom is 0.170 e. The Morgan fingerprint density at radius 3 is 2.62 bits per heavy atom. The molecule has 0 N–H and O–H groups in total. The minimum absolute atomic E-state index is 0.114. The zero-order valence-corrected chi connectivity index (χ0v) is 12.3. The SMILES string of the molecule is CCc1ccc(C2CC(=O)c3ccc(OC)cc3O2)cc1. The van der Waals surface area contributed by atoms with Crippen molar-refractivity contribution in [1.29, 1.82) is 0 Å². The number of Topliss-reactive ketones (excluding diaryl/α,β-unsaturated/α-hetero) is 1. The topological polar surface area (TPSA) is 35.5 Å². The number of benzene rings is 2. The molecule has 0 saturated heterocycles. The maximum atomic E-state index is 12.3. The number of carbonyl (C=O) groups is 1. The number of hydrogen-bond acceptors (Lipinski definition) is 3. The highest BCUT2D eigenvalue weighted by Crippen LogP contribution is 2.36. The first-order valence-corrected chi connectivity index (χ1v) is 7.18. The molecule has 0 radical (unpaired) electrons. The molecule has 1 aliphatic rings. The van der Waals surface area contributed by atoms with Gasteiger partial charge in [0.2, 0.25) is 0 Å². The summed E-state index contributed by atoms with van der Waals surface area (Å²) in [5.74, 6) is 1.42. The van der Waals surface area contributed by atoms with Crippen LogP contribution < -0.4 is 9.47 Å². The van der Waals surface area contributed by atoms with Gasteiger partial charge in [-0.1, -0.05) is 31.2 Å². The number of fused-ring (bicyclic) bond motifs is 1. The molecule has 0 saturated carbocycles. The van der Waals surface area contributed by atoms with Gasteiger partial charge in [-0.05, 0) is 29.7 Å². The molecule has 1 heterocycles. The molecule has 1 aliphatic heterocycles. The Balaban J connectivity index is 1.90. The predicted molar refractivity (Wildman–Crippen MR) is 81.1 cm³/mol. The lowest BCUT2D eigenvalue weighted by atomic mass is 9.95. The van der Waals surface area contributed by atoms with Gasteiger partial charge in [0.1, 0.15) is 17.6 Å². The Bertz CT molecular complexity index is 659. The van der Waals surface area contributed by atoms with Gasteiger partial charge in [0.25, 0.3) is 0 Å². The quantitative estimate of drug-likeness (QED) is 0.854. The average Bonchev–Trinajstić information content (AvgIpc) is 2.54. The number of ether oxygens (including phenoxy) is 2. The van der Waals surface area contributed by atoms with Crippen molar-refractivity contribution < 1.29 is 14.3 Å². The van der Waals surface area contributed by atoms with E-state index in [1.165, 1.54) is 5.56 Å². The van der Waals surface area contributed by atoms with Crippen molar-refractivity contribution in [1.82, 2.24) is 0 Å². The molecular weight excluding hydrogens is 264 g/mol. The number of rotatable bonds is 3. The Kier molecular flexibility index (Phi) is 3.65. The van der Waals surface area contributed by atoms with Crippen LogP contribution in [0.5, 0.6) is 11.5 Å². The van der Waals surface area contributed by atoms with Gasteiger partial charge in [0.15, 0.2) is 5.78 Å². The normalized spacial score (nSPS) is 17.0. The van der Waals surface area contributed by atoms with Crippen LogP contribution in [0.2, 0.25) is 0 Å². The van der Waals surface area contributed by atoms with Crippen LogP contribution >= 0.6 is 0 Å². The van der Waals surface area contributed by atoms with E-state index >= 15 is 0 Å². The molecule has 2 aromatic rings. The molecule has 0 spiro atoms.